The second kappa shape index (κ2) is 8.06. The Morgan fingerprint density at radius 2 is 1.97 bits per heavy atom. The first kappa shape index (κ1) is 20.2. The number of pyridine rings is 1. The van der Waals surface area contributed by atoms with Gasteiger partial charge < -0.3 is 0 Å². The van der Waals surface area contributed by atoms with Gasteiger partial charge in [-0.1, -0.05) is 17.4 Å². The first-order valence-electron chi connectivity index (χ1n) is 9.43. The standard InChI is InChI=1S/C22H13FN4O3S2/c23-15-3-5-17-19(10-15)32-22(25-17)26(12-13-2-1-7-24-11-13)21(28)20-9-14-8-16(27(29)30)4-6-18(14)31-20/h1-11H,12H2. The molecule has 0 atom stereocenters. The average molecular weight is 465 g/mol. The molecule has 0 saturated carbocycles. The zero-order valence-corrected chi connectivity index (χ0v) is 17.9. The summed E-state index contributed by atoms with van der Waals surface area (Å²) in [5, 5.41) is 12.1. The summed E-state index contributed by atoms with van der Waals surface area (Å²) in [4.78, 5) is 34.8. The Balaban J connectivity index is 1.58. The highest BCUT2D eigenvalue weighted by Gasteiger charge is 2.24. The smallest absolute Gasteiger partial charge is 0.270 e. The Morgan fingerprint density at radius 1 is 1.09 bits per heavy atom. The highest BCUT2D eigenvalue weighted by molar-refractivity contribution is 7.23. The number of thiazole rings is 1. The second-order valence-corrected chi connectivity index (χ2v) is 9.04. The van der Waals surface area contributed by atoms with Crippen LogP contribution in [0, 0.1) is 15.9 Å². The quantitative estimate of drug-likeness (QED) is 0.242. The van der Waals surface area contributed by atoms with Gasteiger partial charge in [0.1, 0.15) is 5.82 Å². The minimum atomic E-state index is -0.465. The zero-order chi connectivity index (χ0) is 22.2. The number of fused-ring (bicyclic) bond motifs is 2. The van der Waals surface area contributed by atoms with Crippen molar-refractivity contribution in [1.29, 1.82) is 0 Å². The number of carbonyl (C=O) groups excluding carboxylic acids is 1. The molecule has 0 aliphatic heterocycles. The van der Waals surface area contributed by atoms with E-state index in [0.29, 0.717) is 25.6 Å². The fourth-order valence-corrected chi connectivity index (χ4v) is 5.27. The van der Waals surface area contributed by atoms with E-state index >= 15 is 0 Å². The summed E-state index contributed by atoms with van der Waals surface area (Å²) in [6, 6.07) is 14.1. The third-order valence-corrected chi connectivity index (χ3v) is 6.95. The fourth-order valence-electron chi connectivity index (χ4n) is 3.29. The summed E-state index contributed by atoms with van der Waals surface area (Å²) in [5.41, 5.74) is 1.38. The number of hydrogen-bond acceptors (Lipinski definition) is 7. The van der Waals surface area contributed by atoms with Crippen molar-refractivity contribution in [2.45, 2.75) is 6.54 Å². The van der Waals surface area contributed by atoms with Gasteiger partial charge in [0.05, 0.1) is 26.6 Å². The summed E-state index contributed by atoms with van der Waals surface area (Å²) < 4.78 is 15.1. The van der Waals surface area contributed by atoms with Crippen molar-refractivity contribution in [2.75, 3.05) is 4.90 Å². The number of halogens is 1. The molecule has 1 amide bonds. The molecule has 10 heteroatoms. The molecule has 0 fully saturated rings. The monoisotopic (exact) mass is 464 g/mol. The molecule has 7 nitrogen and oxygen atoms in total. The van der Waals surface area contributed by atoms with Gasteiger partial charge in [-0.05, 0) is 42.0 Å². The molecule has 0 aliphatic rings. The SMILES string of the molecule is O=C(c1cc2cc([N+](=O)[O-])ccc2s1)N(Cc1cccnc1)c1nc2ccc(F)cc2s1. The lowest BCUT2D eigenvalue weighted by Gasteiger charge is -2.19. The van der Waals surface area contributed by atoms with E-state index in [1.807, 2.05) is 6.07 Å². The van der Waals surface area contributed by atoms with E-state index in [1.165, 1.54) is 51.8 Å². The summed E-state index contributed by atoms with van der Waals surface area (Å²) in [7, 11) is 0. The third kappa shape index (κ3) is 3.81. The second-order valence-electron chi connectivity index (χ2n) is 6.95. The van der Waals surface area contributed by atoms with Crippen LogP contribution in [-0.2, 0) is 6.54 Å². The molecule has 0 aliphatic carbocycles. The van der Waals surface area contributed by atoms with Crippen LogP contribution in [0.3, 0.4) is 0 Å². The van der Waals surface area contributed by atoms with E-state index in [1.54, 1.807) is 36.7 Å². The lowest BCUT2D eigenvalue weighted by Crippen LogP contribution is -2.29. The molecule has 32 heavy (non-hydrogen) atoms. The van der Waals surface area contributed by atoms with E-state index in [2.05, 4.69) is 9.97 Å². The molecule has 0 saturated heterocycles. The lowest BCUT2D eigenvalue weighted by molar-refractivity contribution is -0.384. The number of aromatic nitrogens is 2. The van der Waals surface area contributed by atoms with E-state index in [0.717, 1.165) is 10.3 Å². The molecular formula is C22H13FN4O3S2. The maximum Gasteiger partial charge on any atom is 0.270 e. The Morgan fingerprint density at radius 3 is 2.75 bits per heavy atom. The maximum atomic E-state index is 13.7. The van der Waals surface area contributed by atoms with Crippen LogP contribution < -0.4 is 4.90 Å². The Labute approximate surface area is 188 Å². The van der Waals surface area contributed by atoms with Crippen LogP contribution in [0.4, 0.5) is 15.2 Å². The van der Waals surface area contributed by atoms with E-state index in [4.69, 9.17) is 0 Å². The van der Waals surface area contributed by atoms with Gasteiger partial charge in [-0.15, -0.1) is 11.3 Å². The summed E-state index contributed by atoms with van der Waals surface area (Å²) in [6.07, 6.45) is 3.32. The van der Waals surface area contributed by atoms with Crippen LogP contribution in [0.1, 0.15) is 15.2 Å². The highest BCUT2D eigenvalue weighted by Crippen LogP contribution is 2.34. The van der Waals surface area contributed by atoms with Crippen molar-refractivity contribution in [3.05, 3.63) is 93.4 Å². The minimum Gasteiger partial charge on any atom is -0.279 e. The van der Waals surface area contributed by atoms with Crippen molar-refractivity contribution >= 4 is 59.7 Å². The molecule has 5 aromatic rings. The Bertz CT molecular complexity index is 1480. The summed E-state index contributed by atoms with van der Waals surface area (Å²) in [5.74, 6) is -0.666. The van der Waals surface area contributed by atoms with Gasteiger partial charge in [0, 0.05) is 34.6 Å². The van der Waals surface area contributed by atoms with Gasteiger partial charge in [-0.25, -0.2) is 9.37 Å². The van der Waals surface area contributed by atoms with Gasteiger partial charge in [-0.2, -0.15) is 0 Å². The number of carbonyl (C=O) groups is 1. The third-order valence-electron chi connectivity index (χ3n) is 4.80. The minimum absolute atomic E-state index is 0.0327. The number of hydrogen-bond donors (Lipinski definition) is 0. The number of non-ortho nitro benzene ring substituents is 1. The number of amides is 1. The predicted octanol–water partition coefficient (Wildman–Crippen LogP) is 5.80. The van der Waals surface area contributed by atoms with Gasteiger partial charge in [0.25, 0.3) is 11.6 Å². The van der Waals surface area contributed by atoms with Crippen LogP contribution in [0.25, 0.3) is 20.3 Å². The molecule has 3 aromatic heterocycles. The van der Waals surface area contributed by atoms with Gasteiger partial charge in [0.2, 0.25) is 0 Å². The number of nitrogens with zero attached hydrogens (tertiary/aromatic N) is 4. The Hall–Kier alpha value is -3.76. The van der Waals surface area contributed by atoms with Crippen molar-refractivity contribution in [3.63, 3.8) is 0 Å². The van der Waals surface area contributed by atoms with Crippen LogP contribution in [-0.4, -0.2) is 20.8 Å². The molecular weight excluding hydrogens is 451 g/mol. The molecule has 3 heterocycles. The molecule has 2 aromatic carbocycles. The van der Waals surface area contributed by atoms with E-state index in [-0.39, 0.29) is 24.0 Å². The van der Waals surface area contributed by atoms with Crippen molar-refractivity contribution < 1.29 is 14.1 Å². The number of nitro groups is 1. The molecule has 0 radical (unpaired) electrons. The van der Waals surface area contributed by atoms with Crippen LogP contribution >= 0.6 is 22.7 Å². The molecule has 158 valence electrons. The lowest BCUT2D eigenvalue weighted by atomic mass is 10.2. The number of thiophene rings is 1. The largest absolute Gasteiger partial charge is 0.279 e. The van der Waals surface area contributed by atoms with Crippen molar-refractivity contribution in [2.24, 2.45) is 0 Å². The molecule has 0 N–H and O–H groups in total. The first-order valence-corrected chi connectivity index (χ1v) is 11.1. The molecule has 0 unspecified atom stereocenters. The van der Waals surface area contributed by atoms with Crippen LogP contribution in [0.2, 0.25) is 0 Å². The summed E-state index contributed by atoms with van der Waals surface area (Å²) in [6.45, 7) is 0.226. The van der Waals surface area contributed by atoms with Gasteiger partial charge in [0.15, 0.2) is 5.13 Å². The van der Waals surface area contributed by atoms with Crippen molar-refractivity contribution in [1.82, 2.24) is 9.97 Å². The maximum absolute atomic E-state index is 13.7. The highest BCUT2D eigenvalue weighted by atomic mass is 32.1. The predicted molar refractivity (Wildman–Crippen MR) is 123 cm³/mol. The molecule has 0 bridgehead atoms. The molecule has 0 spiro atoms. The topological polar surface area (TPSA) is 89.2 Å². The zero-order valence-electron chi connectivity index (χ0n) is 16.3. The average Bonchev–Trinajstić information content (AvgIpc) is 3.40. The number of rotatable bonds is 5. The van der Waals surface area contributed by atoms with Gasteiger partial charge >= 0.3 is 0 Å². The number of anilines is 1. The first-order chi connectivity index (χ1) is 15.5. The number of benzene rings is 2. The summed E-state index contributed by atoms with van der Waals surface area (Å²) >= 11 is 2.48. The Kier molecular flexibility index (Phi) is 5.08. The van der Waals surface area contributed by atoms with E-state index < -0.39 is 4.92 Å². The van der Waals surface area contributed by atoms with Crippen LogP contribution in [0.5, 0.6) is 0 Å². The normalized spacial score (nSPS) is 11.2. The van der Waals surface area contributed by atoms with E-state index in [9.17, 15) is 19.3 Å². The number of nitro benzene ring substituents is 1. The molecule has 5 rings (SSSR count). The van der Waals surface area contributed by atoms with Crippen LogP contribution in [0.15, 0.2) is 67.0 Å². The fraction of sp³-hybridized carbons (Fsp3) is 0.0455. The van der Waals surface area contributed by atoms with Crippen molar-refractivity contribution in [3.8, 4) is 0 Å². The van der Waals surface area contributed by atoms with Gasteiger partial charge in [-0.3, -0.25) is 24.8 Å².